The molecule has 0 bridgehead atoms. The number of anilines is 3. The number of nitrogens with two attached hydrogens (primary N) is 2. The van der Waals surface area contributed by atoms with Gasteiger partial charge in [0, 0.05) is 30.4 Å². The first-order chi connectivity index (χ1) is 14.9. The second-order valence-electron chi connectivity index (χ2n) is 7.21. The molecule has 0 aliphatic carbocycles. The molecule has 0 amide bonds. The quantitative estimate of drug-likeness (QED) is 0.351. The number of rotatable bonds is 7. The third-order valence-corrected chi connectivity index (χ3v) is 6.19. The highest BCUT2D eigenvalue weighted by Gasteiger charge is 2.20. The molecule has 0 spiro atoms. The molecule has 4 heterocycles. The van der Waals surface area contributed by atoms with Crippen molar-refractivity contribution >= 4 is 63.0 Å². The summed E-state index contributed by atoms with van der Waals surface area (Å²) < 4.78 is 0. The molecule has 11 heteroatoms. The maximum Gasteiger partial charge on any atom is 0.222 e. The van der Waals surface area contributed by atoms with Gasteiger partial charge >= 0.3 is 0 Å². The van der Waals surface area contributed by atoms with Crippen molar-refractivity contribution in [3.63, 3.8) is 0 Å². The average Bonchev–Trinajstić information content (AvgIpc) is 3.06. The first-order valence-electron chi connectivity index (χ1n) is 10.1. The standard InChI is InChI=1S/C20H24ClN9S/c1-4-6-7-30(3)18-13-14(21)11(5-2)25-17(13)28-20(29-18)31-10-8-12-15(24-9-10)16(22)27-19(23)26-12/h8-9H,4-7H2,1-3H3,(H,25,28,29)(H4,22,23,26,27). The number of aromatic nitrogens is 6. The molecule has 0 unspecified atom stereocenters. The van der Waals surface area contributed by atoms with Gasteiger partial charge in [0.2, 0.25) is 5.95 Å². The number of nitrogens with one attached hydrogen (secondary N) is 1. The Labute approximate surface area is 189 Å². The molecule has 0 aliphatic rings. The number of halogens is 1. The molecule has 0 aliphatic heterocycles. The van der Waals surface area contributed by atoms with E-state index in [1.54, 1.807) is 6.20 Å². The number of hydrogen-bond acceptors (Lipinski definition) is 9. The Balaban J connectivity index is 1.77. The van der Waals surface area contributed by atoms with Crippen LogP contribution in [-0.2, 0) is 6.42 Å². The number of nitrogens with zero attached hydrogens (tertiary/aromatic N) is 6. The molecule has 4 rings (SSSR count). The zero-order chi connectivity index (χ0) is 22.1. The summed E-state index contributed by atoms with van der Waals surface area (Å²) in [6.45, 7) is 5.10. The number of aryl methyl sites for hydroxylation is 1. The predicted molar refractivity (Wildman–Crippen MR) is 127 cm³/mol. The molecule has 4 aromatic rings. The maximum atomic E-state index is 6.66. The lowest BCUT2D eigenvalue weighted by molar-refractivity contribution is 0.756. The molecule has 0 saturated heterocycles. The van der Waals surface area contributed by atoms with E-state index >= 15 is 0 Å². The smallest absolute Gasteiger partial charge is 0.222 e. The van der Waals surface area contributed by atoms with Crippen LogP contribution in [-0.4, -0.2) is 43.5 Å². The molecule has 31 heavy (non-hydrogen) atoms. The van der Waals surface area contributed by atoms with E-state index in [2.05, 4.69) is 38.7 Å². The van der Waals surface area contributed by atoms with Gasteiger partial charge in [0.1, 0.15) is 17.0 Å². The fourth-order valence-electron chi connectivity index (χ4n) is 3.34. The minimum absolute atomic E-state index is 0.111. The monoisotopic (exact) mass is 457 g/mol. The number of hydrogen-bond donors (Lipinski definition) is 3. The highest BCUT2D eigenvalue weighted by molar-refractivity contribution is 7.99. The van der Waals surface area contributed by atoms with Crippen LogP contribution >= 0.6 is 23.4 Å². The molecular weight excluding hydrogens is 434 g/mol. The zero-order valence-corrected chi connectivity index (χ0v) is 19.2. The molecule has 0 radical (unpaired) electrons. The summed E-state index contributed by atoms with van der Waals surface area (Å²) in [5.74, 6) is 1.18. The van der Waals surface area contributed by atoms with Gasteiger partial charge in [0.05, 0.1) is 15.9 Å². The minimum Gasteiger partial charge on any atom is -0.382 e. The number of pyridine rings is 1. The van der Waals surface area contributed by atoms with Crippen molar-refractivity contribution in [2.75, 3.05) is 30.0 Å². The lowest BCUT2D eigenvalue weighted by Gasteiger charge is -2.19. The van der Waals surface area contributed by atoms with Gasteiger partial charge in [-0.15, -0.1) is 0 Å². The largest absolute Gasteiger partial charge is 0.382 e. The Morgan fingerprint density at radius 2 is 1.97 bits per heavy atom. The van der Waals surface area contributed by atoms with Gasteiger partial charge < -0.3 is 21.4 Å². The number of aromatic amines is 1. The van der Waals surface area contributed by atoms with E-state index < -0.39 is 0 Å². The molecule has 0 atom stereocenters. The lowest BCUT2D eigenvalue weighted by Crippen LogP contribution is -2.20. The summed E-state index contributed by atoms with van der Waals surface area (Å²) in [5, 5.41) is 2.12. The summed E-state index contributed by atoms with van der Waals surface area (Å²) in [7, 11) is 2.03. The van der Waals surface area contributed by atoms with Crippen LogP contribution in [0.4, 0.5) is 17.6 Å². The first-order valence-corrected chi connectivity index (χ1v) is 11.3. The van der Waals surface area contributed by atoms with Gasteiger partial charge in [-0.05, 0) is 30.7 Å². The van der Waals surface area contributed by atoms with E-state index in [1.165, 1.54) is 11.8 Å². The predicted octanol–water partition coefficient (Wildman–Crippen LogP) is 4.06. The van der Waals surface area contributed by atoms with Crippen LogP contribution in [0.15, 0.2) is 22.3 Å². The number of fused-ring (bicyclic) bond motifs is 2. The van der Waals surface area contributed by atoms with Crippen molar-refractivity contribution in [3.05, 3.63) is 23.0 Å². The first kappa shape index (κ1) is 21.4. The summed E-state index contributed by atoms with van der Waals surface area (Å²) in [4.78, 5) is 28.4. The third kappa shape index (κ3) is 4.17. The second-order valence-corrected chi connectivity index (χ2v) is 8.63. The highest BCUT2D eigenvalue weighted by Crippen LogP contribution is 2.36. The molecule has 0 saturated carbocycles. The van der Waals surface area contributed by atoms with E-state index in [-0.39, 0.29) is 11.8 Å². The van der Waals surface area contributed by atoms with E-state index in [1.807, 2.05) is 13.1 Å². The highest BCUT2D eigenvalue weighted by atomic mass is 35.5. The van der Waals surface area contributed by atoms with Crippen molar-refractivity contribution in [1.29, 1.82) is 0 Å². The fourth-order valence-corrected chi connectivity index (χ4v) is 4.45. The van der Waals surface area contributed by atoms with E-state index in [0.717, 1.165) is 53.2 Å². The van der Waals surface area contributed by atoms with Gasteiger partial charge in [-0.2, -0.15) is 4.98 Å². The van der Waals surface area contributed by atoms with E-state index in [4.69, 9.17) is 33.0 Å². The lowest BCUT2D eigenvalue weighted by atomic mass is 10.2. The summed E-state index contributed by atoms with van der Waals surface area (Å²) in [5.41, 5.74) is 14.4. The van der Waals surface area contributed by atoms with Gasteiger partial charge in [-0.3, -0.25) is 0 Å². The van der Waals surface area contributed by atoms with Crippen molar-refractivity contribution in [2.45, 2.75) is 43.2 Å². The fraction of sp³-hybridized carbons (Fsp3) is 0.350. The Morgan fingerprint density at radius 3 is 2.71 bits per heavy atom. The van der Waals surface area contributed by atoms with Crippen LogP contribution in [0.2, 0.25) is 5.02 Å². The topological polar surface area (TPSA) is 136 Å². The van der Waals surface area contributed by atoms with Crippen LogP contribution in [0.25, 0.3) is 22.1 Å². The van der Waals surface area contributed by atoms with Gasteiger partial charge in [-0.25, -0.2) is 19.9 Å². The van der Waals surface area contributed by atoms with Gasteiger partial charge in [-0.1, -0.05) is 31.9 Å². The van der Waals surface area contributed by atoms with E-state index in [0.29, 0.717) is 21.2 Å². The molecule has 0 fully saturated rings. The normalized spacial score (nSPS) is 11.5. The SMILES string of the molecule is CCCCN(C)c1nc(Sc2cnc3c(N)nc(N)nc3c2)nc2[nH]c(CC)c(Cl)c12. The van der Waals surface area contributed by atoms with Gasteiger partial charge in [0.25, 0.3) is 0 Å². The summed E-state index contributed by atoms with van der Waals surface area (Å²) >= 11 is 8.05. The molecule has 162 valence electrons. The summed E-state index contributed by atoms with van der Waals surface area (Å²) in [6.07, 6.45) is 4.64. The Morgan fingerprint density at radius 1 is 1.16 bits per heavy atom. The minimum atomic E-state index is 0.111. The second kappa shape index (κ2) is 8.72. The van der Waals surface area contributed by atoms with Gasteiger partial charge in [0.15, 0.2) is 11.0 Å². The Bertz CT molecular complexity index is 1260. The molecule has 0 aromatic carbocycles. The van der Waals surface area contributed by atoms with Crippen LogP contribution in [0, 0.1) is 0 Å². The number of unbranched alkanes of at least 4 members (excludes halogenated alkanes) is 1. The Hall–Kier alpha value is -2.85. The van der Waals surface area contributed by atoms with Crippen molar-refractivity contribution in [3.8, 4) is 0 Å². The van der Waals surface area contributed by atoms with Crippen LogP contribution in [0.1, 0.15) is 32.4 Å². The van der Waals surface area contributed by atoms with Crippen molar-refractivity contribution < 1.29 is 0 Å². The van der Waals surface area contributed by atoms with Crippen LogP contribution < -0.4 is 16.4 Å². The molecule has 9 nitrogen and oxygen atoms in total. The van der Waals surface area contributed by atoms with E-state index in [9.17, 15) is 0 Å². The number of H-pyrrole nitrogens is 1. The molecule has 5 N–H and O–H groups in total. The van der Waals surface area contributed by atoms with Crippen molar-refractivity contribution in [2.24, 2.45) is 0 Å². The maximum absolute atomic E-state index is 6.66. The molecule has 4 aromatic heterocycles. The van der Waals surface area contributed by atoms with Crippen LogP contribution in [0.5, 0.6) is 0 Å². The summed E-state index contributed by atoms with van der Waals surface area (Å²) in [6, 6.07) is 1.86. The average molecular weight is 458 g/mol. The third-order valence-electron chi connectivity index (χ3n) is 4.95. The Kier molecular flexibility index (Phi) is 6.01. The number of nitrogen functional groups attached to an aromatic ring is 2. The zero-order valence-electron chi connectivity index (χ0n) is 17.6. The molecular formula is C20H24ClN9S. The van der Waals surface area contributed by atoms with Crippen molar-refractivity contribution in [1.82, 2.24) is 29.9 Å². The van der Waals surface area contributed by atoms with Crippen LogP contribution in [0.3, 0.4) is 0 Å².